The fourth-order valence-corrected chi connectivity index (χ4v) is 3.32. The third-order valence-electron chi connectivity index (χ3n) is 4.97. The molecular formula is C22H26N2O5. The molecule has 1 amide bonds. The Morgan fingerprint density at radius 2 is 1.62 bits per heavy atom. The van der Waals surface area contributed by atoms with Crippen LogP contribution >= 0.6 is 0 Å². The number of ether oxygens (including phenoxy) is 3. The van der Waals surface area contributed by atoms with Crippen molar-refractivity contribution in [1.29, 1.82) is 0 Å². The molecule has 2 aromatic rings. The summed E-state index contributed by atoms with van der Waals surface area (Å²) in [6, 6.07) is 14.9. The molecule has 0 N–H and O–H groups in total. The van der Waals surface area contributed by atoms with Gasteiger partial charge < -0.3 is 24.0 Å². The molecule has 1 unspecified atom stereocenters. The van der Waals surface area contributed by atoms with Gasteiger partial charge in [-0.1, -0.05) is 18.2 Å². The predicted octanol–water partition coefficient (Wildman–Crippen LogP) is 2.60. The van der Waals surface area contributed by atoms with E-state index >= 15 is 0 Å². The number of amides is 1. The molecule has 1 atom stereocenters. The second-order valence-electron chi connectivity index (χ2n) is 6.76. The number of para-hydroxylation sites is 1. The molecule has 1 aliphatic heterocycles. The van der Waals surface area contributed by atoms with Crippen molar-refractivity contribution in [2.24, 2.45) is 0 Å². The summed E-state index contributed by atoms with van der Waals surface area (Å²) in [5.41, 5.74) is 1.40. The van der Waals surface area contributed by atoms with Gasteiger partial charge in [-0.25, -0.2) is 4.79 Å². The first kappa shape index (κ1) is 20.5. The summed E-state index contributed by atoms with van der Waals surface area (Å²) in [4.78, 5) is 29.3. The maximum atomic E-state index is 12.7. The van der Waals surface area contributed by atoms with Crippen LogP contribution in [-0.4, -0.2) is 63.3 Å². The Bertz CT molecular complexity index is 848. The van der Waals surface area contributed by atoms with Gasteiger partial charge in [-0.3, -0.25) is 4.79 Å². The first-order chi connectivity index (χ1) is 14.0. The highest BCUT2D eigenvalue weighted by molar-refractivity contribution is 5.95. The van der Waals surface area contributed by atoms with Crippen molar-refractivity contribution in [3.8, 4) is 11.5 Å². The Morgan fingerprint density at radius 3 is 2.24 bits per heavy atom. The zero-order chi connectivity index (χ0) is 20.8. The maximum absolute atomic E-state index is 12.7. The van der Waals surface area contributed by atoms with Crippen molar-refractivity contribution in [2.75, 3.05) is 45.3 Å². The van der Waals surface area contributed by atoms with Crippen molar-refractivity contribution in [2.45, 2.75) is 13.0 Å². The van der Waals surface area contributed by atoms with Crippen LogP contribution in [0.3, 0.4) is 0 Å². The molecule has 154 valence electrons. The molecule has 7 nitrogen and oxygen atoms in total. The smallest absolute Gasteiger partial charge is 0.342 e. The fraction of sp³-hybridized carbons (Fsp3) is 0.364. The van der Waals surface area contributed by atoms with Gasteiger partial charge in [-0.2, -0.15) is 0 Å². The third-order valence-corrected chi connectivity index (χ3v) is 4.97. The van der Waals surface area contributed by atoms with Crippen LogP contribution in [-0.2, 0) is 9.53 Å². The number of rotatable bonds is 6. The van der Waals surface area contributed by atoms with Crippen molar-refractivity contribution >= 4 is 17.6 Å². The Kier molecular flexibility index (Phi) is 6.59. The van der Waals surface area contributed by atoms with Crippen molar-refractivity contribution in [1.82, 2.24) is 4.90 Å². The van der Waals surface area contributed by atoms with Crippen LogP contribution in [0.2, 0.25) is 0 Å². The van der Waals surface area contributed by atoms with E-state index in [-0.39, 0.29) is 11.5 Å². The summed E-state index contributed by atoms with van der Waals surface area (Å²) in [7, 11) is 3.00. The van der Waals surface area contributed by atoms with Gasteiger partial charge in [0.25, 0.3) is 5.91 Å². The number of anilines is 1. The number of piperazine rings is 1. The lowest BCUT2D eigenvalue weighted by Gasteiger charge is -2.37. The molecule has 29 heavy (non-hydrogen) atoms. The molecule has 1 aliphatic rings. The molecule has 2 aromatic carbocycles. The van der Waals surface area contributed by atoms with Crippen LogP contribution < -0.4 is 14.4 Å². The summed E-state index contributed by atoms with van der Waals surface area (Å²) in [5, 5.41) is 0. The number of nitrogens with zero attached hydrogens (tertiary/aromatic N) is 2. The Morgan fingerprint density at radius 1 is 0.931 bits per heavy atom. The molecule has 1 saturated heterocycles. The van der Waals surface area contributed by atoms with Gasteiger partial charge in [-0.15, -0.1) is 0 Å². The topological polar surface area (TPSA) is 68.3 Å². The monoisotopic (exact) mass is 398 g/mol. The van der Waals surface area contributed by atoms with E-state index < -0.39 is 12.1 Å². The van der Waals surface area contributed by atoms with Crippen molar-refractivity contribution in [3.05, 3.63) is 54.1 Å². The molecule has 1 fully saturated rings. The first-order valence-corrected chi connectivity index (χ1v) is 9.55. The lowest BCUT2D eigenvalue weighted by atomic mass is 10.2. The lowest BCUT2D eigenvalue weighted by molar-refractivity contribution is -0.140. The number of hydrogen-bond donors (Lipinski definition) is 0. The minimum absolute atomic E-state index is 0.196. The average Bonchev–Trinajstić information content (AvgIpc) is 2.78. The maximum Gasteiger partial charge on any atom is 0.342 e. The van der Waals surface area contributed by atoms with Gasteiger partial charge in [0.2, 0.25) is 0 Å². The van der Waals surface area contributed by atoms with Gasteiger partial charge >= 0.3 is 5.97 Å². The van der Waals surface area contributed by atoms with Gasteiger partial charge in [0.1, 0.15) is 17.1 Å². The molecule has 0 radical (unpaired) electrons. The largest absolute Gasteiger partial charge is 0.497 e. The average molecular weight is 398 g/mol. The second-order valence-corrected chi connectivity index (χ2v) is 6.76. The number of benzene rings is 2. The Hall–Kier alpha value is -3.22. The predicted molar refractivity (Wildman–Crippen MR) is 110 cm³/mol. The zero-order valence-corrected chi connectivity index (χ0v) is 17.0. The van der Waals surface area contributed by atoms with Gasteiger partial charge in [0, 0.05) is 37.9 Å². The molecule has 1 heterocycles. The van der Waals surface area contributed by atoms with Crippen LogP contribution in [0, 0.1) is 0 Å². The highest BCUT2D eigenvalue weighted by atomic mass is 16.5. The summed E-state index contributed by atoms with van der Waals surface area (Å²) in [6.45, 7) is 4.24. The van der Waals surface area contributed by atoms with E-state index in [2.05, 4.69) is 17.0 Å². The second kappa shape index (κ2) is 9.32. The fourth-order valence-electron chi connectivity index (χ4n) is 3.32. The van der Waals surface area contributed by atoms with Crippen LogP contribution in [0.1, 0.15) is 17.3 Å². The third kappa shape index (κ3) is 4.80. The molecular weight excluding hydrogens is 372 g/mol. The van der Waals surface area contributed by atoms with Crippen molar-refractivity contribution < 1.29 is 23.8 Å². The highest BCUT2D eigenvalue weighted by Crippen LogP contribution is 2.25. The lowest BCUT2D eigenvalue weighted by Crippen LogP contribution is -2.51. The molecule has 0 bridgehead atoms. The molecule has 0 saturated carbocycles. The first-order valence-electron chi connectivity index (χ1n) is 9.55. The quantitative estimate of drug-likeness (QED) is 0.697. The van der Waals surface area contributed by atoms with E-state index in [0.717, 1.165) is 18.8 Å². The number of hydrogen-bond acceptors (Lipinski definition) is 6. The Balaban J connectivity index is 1.58. The van der Waals surface area contributed by atoms with Gasteiger partial charge in [-0.05, 0) is 31.2 Å². The minimum Gasteiger partial charge on any atom is -0.497 e. The minimum atomic E-state index is -0.877. The van der Waals surface area contributed by atoms with Crippen LogP contribution in [0.5, 0.6) is 11.5 Å². The molecule has 0 spiro atoms. The number of esters is 1. The number of carbonyl (C=O) groups is 2. The van der Waals surface area contributed by atoms with E-state index in [4.69, 9.17) is 14.2 Å². The van der Waals surface area contributed by atoms with E-state index in [1.807, 2.05) is 18.2 Å². The zero-order valence-electron chi connectivity index (χ0n) is 17.0. The molecule has 7 heteroatoms. The van der Waals surface area contributed by atoms with Gasteiger partial charge in [0.15, 0.2) is 6.10 Å². The molecule has 3 rings (SSSR count). The standard InChI is InChI=1S/C22H26N2O5/c1-16(29-22(26)19-10-9-18(27-2)15-20(19)28-3)21(25)24-13-11-23(12-14-24)17-7-5-4-6-8-17/h4-10,15-16H,11-14H2,1-3H3. The van der Waals surface area contributed by atoms with E-state index in [1.165, 1.54) is 14.2 Å². The molecule has 0 aromatic heterocycles. The van der Waals surface area contributed by atoms with E-state index in [1.54, 1.807) is 30.0 Å². The van der Waals surface area contributed by atoms with E-state index in [9.17, 15) is 9.59 Å². The van der Waals surface area contributed by atoms with Crippen LogP contribution in [0.15, 0.2) is 48.5 Å². The number of methoxy groups -OCH3 is 2. The molecule has 0 aliphatic carbocycles. The van der Waals surface area contributed by atoms with Crippen molar-refractivity contribution in [3.63, 3.8) is 0 Å². The Labute approximate surface area is 170 Å². The summed E-state index contributed by atoms with van der Waals surface area (Å²) >= 11 is 0. The normalized spacial score (nSPS) is 14.9. The SMILES string of the molecule is COc1ccc(C(=O)OC(C)C(=O)N2CCN(c3ccccc3)CC2)c(OC)c1. The summed E-state index contributed by atoms with van der Waals surface area (Å²) in [5.74, 6) is 0.108. The summed E-state index contributed by atoms with van der Waals surface area (Å²) in [6.07, 6.45) is -0.877. The van der Waals surface area contributed by atoms with E-state index in [0.29, 0.717) is 24.6 Å². The van der Waals surface area contributed by atoms with Crippen LogP contribution in [0.25, 0.3) is 0 Å². The summed E-state index contributed by atoms with van der Waals surface area (Å²) < 4.78 is 15.8. The number of carbonyl (C=O) groups excluding carboxylic acids is 2. The van der Waals surface area contributed by atoms with Crippen LogP contribution in [0.4, 0.5) is 5.69 Å². The van der Waals surface area contributed by atoms with Gasteiger partial charge in [0.05, 0.1) is 14.2 Å². The highest BCUT2D eigenvalue weighted by Gasteiger charge is 2.28.